The second-order valence-electron chi connectivity index (χ2n) is 7.11. The lowest BCUT2D eigenvalue weighted by atomic mass is 9.69. The number of fused-ring (bicyclic) bond motifs is 1. The standard InChI is InChI=1S/C19H23N3O3S2/c1-3-4-10-25-18(24)22-16(23)14-12(11-19(22)7-5-8-19)15(27-17(14)26-2)13-6-9-20-21-13/h6,9H,3-5,7-8,10-11H2,1-2H3,(H,20,21). The first-order valence-corrected chi connectivity index (χ1v) is 11.4. The van der Waals surface area contributed by atoms with Gasteiger partial charge in [0.15, 0.2) is 0 Å². The largest absolute Gasteiger partial charge is 0.449 e. The molecule has 0 unspecified atom stereocenters. The molecule has 2 aromatic heterocycles. The van der Waals surface area contributed by atoms with Gasteiger partial charge in [-0.15, -0.1) is 23.1 Å². The smallest absolute Gasteiger partial charge is 0.417 e. The molecule has 8 heteroatoms. The number of carbonyl (C=O) groups excluding carboxylic acids is 2. The van der Waals surface area contributed by atoms with Crippen LogP contribution in [0.4, 0.5) is 4.79 Å². The molecule has 1 spiro atoms. The molecule has 2 aromatic rings. The maximum absolute atomic E-state index is 13.5. The number of carbonyl (C=O) groups is 2. The Morgan fingerprint density at radius 3 is 2.89 bits per heavy atom. The Labute approximate surface area is 166 Å². The second kappa shape index (κ2) is 7.31. The molecule has 0 atom stereocenters. The van der Waals surface area contributed by atoms with Crippen LogP contribution in [0.2, 0.25) is 0 Å². The maximum atomic E-state index is 13.5. The third kappa shape index (κ3) is 2.99. The summed E-state index contributed by atoms with van der Waals surface area (Å²) in [6.45, 7) is 2.41. The van der Waals surface area contributed by atoms with Crippen molar-refractivity contribution in [3.63, 3.8) is 0 Å². The Kier molecular flexibility index (Phi) is 5.03. The molecule has 2 aliphatic rings. The molecule has 0 bridgehead atoms. The molecule has 4 rings (SSSR count). The fraction of sp³-hybridized carbons (Fsp3) is 0.526. The molecule has 0 aromatic carbocycles. The summed E-state index contributed by atoms with van der Waals surface area (Å²) >= 11 is 3.15. The van der Waals surface area contributed by atoms with Crippen LogP contribution < -0.4 is 0 Å². The lowest BCUT2D eigenvalue weighted by Gasteiger charge is -2.51. The molecule has 6 nitrogen and oxygen atoms in total. The zero-order valence-electron chi connectivity index (χ0n) is 15.5. The third-order valence-corrected chi connectivity index (χ3v) is 7.88. The van der Waals surface area contributed by atoms with Crippen molar-refractivity contribution in [2.24, 2.45) is 0 Å². The minimum absolute atomic E-state index is 0.205. The minimum Gasteiger partial charge on any atom is -0.449 e. The predicted octanol–water partition coefficient (Wildman–Crippen LogP) is 4.72. The number of rotatable bonds is 5. The van der Waals surface area contributed by atoms with Crippen molar-refractivity contribution in [2.75, 3.05) is 12.9 Å². The van der Waals surface area contributed by atoms with E-state index in [4.69, 9.17) is 4.74 Å². The Morgan fingerprint density at radius 2 is 2.30 bits per heavy atom. The van der Waals surface area contributed by atoms with Gasteiger partial charge in [-0.2, -0.15) is 5.10 Å². The number of amides is 2. The van der Waals surface area contributed by atoms with E-state index in [1.807, 2.05) is 19.2 Å². The van der Waals surface area contributed by atoms with Crippen molar-refractivity contribution >= 4 is 35.1 Å². The molecule has 2 amide bonds. The van der Waals surface area contributed by atoms with E-state index >= 15 is 0 Å². The minimum atomic E-state index is -0.486. The topological polar surface area (TPSA) is 75.3 Å². The number of H-pyrrole nitrogens is 1. The van der Waals surface area contributed by atoms with Gasteiger partial charge in [-0.3, -0.25) is 9.89 Å². The molecule has 1 aliphatic heterocycles. The van der Waals surface area contributed by atoms with Crippen LogP contribution in [0.3, 0.4) is 0 Å². The average Bonchev–Trinajstić information content (AvgIpc) is 3.27. The summed E-state index contributed by atoms with van der Waals surface area (Å²) in [5.41, 5.74) is 2.22. The van der Waals surface area contributed by atoms with E-state index in [2.05, 4.69) is 10.2 Å². The molecule has 1 N–H and O–H groups in total. The summed E-state index contributed by atoms with van der Waals surface area (Å²) in [6.07, 6.45) is 8.37. The van der Waals surface area contributed by atoms with Crippen molar-refractivity contribution in [3.05, 3.63) is 23.4 Å². The first kappa shape index (κ1) is 18.6. The molecule has 1 saturated carbocycles. The quantitative estimate of drug-likeness (QED) is 0.575. The predicted molar refractivity (Wildman–Crippen MR) is 106 cm³/mol. The summed E-state index contributed by atoms with van der Waals surface area (Å²) in [7, 11) is 0. The van der Waals surface area contributed by atoms with Crippen LogP contribution in [0, 0.1) is 0 Å². The zero-order valence-corrected chi connectivity index (χ0v) is 17.2. The highest BCUT2D eigenvalue weighted by atomic mass is 32.2. The van der Waals surface area contributed by atoms with Crippen LogP contribution in [-0.4, -0.2) is 45.5 Å². The van der Waals surface area contributed by atoms with Crippen LogP contribution in [-0.2, 0) is 11.2 Å². The summed E-state index contributed by atoms with van der Waals surface area (Å²) < 4.78 is 6.38. The number of thiophene rings is 1. The number of aromatic nitrogens is 2. The monoisotopic (exact) mass is 405 g/mol. The fourth-order valence-corrected chi connectivity index (χ4v) is 5.95. The van der Waals surface area contributed by atoms with E-state index in [1.165, 1.54) is 4.90 Å². The van der Waals surface area contributed by atoms with Crippen LogP contribution >= 0.6 is 23.1 Å². The number of imide groups is 1. The van der Waals surface area contributed by atoms with Crippen molar-refractivity contribution in [1.29, 1.82) is 0 Å². The Hall–Kier alpha value is -1.80. The van der Waals surface area contributed by atoms with E-state index in [9.17, 15) is 9.59 Å². The van der Waals surface area contributed by atoms with E-state index in [0.29, 0.717) is 18.6 Å². The van der Waals surface area contributed by atoms with E-state index in [1.54, 1.807) is 29.3 Å². The normalized spacial score (nSPS) is 17.7. The summed E-state index contributed by atoms with van der Waals surface area (Å²) in [5.74, 6) is -0.205. The summed E-state index contributed by atoms with van der Waals surface area (Å²) in [6, 6.07) is 1.93. The molecule has 0 radical (unpaired) electrons. The molecule has 0 saturated heterocycles. The highest BCUT2D eigenvalue weighted by molar-refractivity contribution is 8.00. The molecule has 3 heterocycles. The third-order valence-electron chi connectivity index (χ3n) is 5.49. The number of thioether (sulfide) groups is 1. The van der Waals surface area contributed by atoms with Crippen molar-refractivity contribution in [3.8, 4) is 10.6 Å². The number of hydrogen-bond donors (Lipinski definition) is 1. The van der Waals surface area contributed by atoms with Crippen LogP contribution in [0.5, 0.6) is 0 Å². The van der Waals surface area contributed by atoms with Gasteiger partial charge in [-0.1, -0.05) is 13.3 Å². The lowest BCUT2D eigenvalue weighted by Crippen LogP contribution is -2.62. The van der Waals surface area contributed by atoms with Gasteiger partial charge >= 0.3 is 6.09 Å². The van der Waals surface area contributed by atoms with Gasteiger partial charge in [0.25, 0.3) is 5.91 Å². The fourth-order valence-electron chi connectivity index (χ4n) is 3.94. The molecule has 144 valence electrons. The number of nitrogens with one attached hydrogen (secondary N) is 1. The summed E-state index contributed by atoms with van der Waals surface area (Å²) in [4.78, 5) is 28.7. The van der Waals surface area contributed by atoms with E-state index < -0.39 is 11.6 Å². The van der Waals surface area contributed by atoms with Crippen LogP contribution in [0.1, 0.15) is 54.9 Å². The number of aromatic amines is 1. The van der Waals surface area contributed by atoms with Gasteiger partial charge in [0, 0.05) is 6.20 Å². The van der Waals surface area contributed by atoms with Crippen LogP contribution in [0.25, 0.3) is 10.6 Å². The van der Waals surface area contributed by atoms with Crippen molar-refractivity contribution < 1.29 is 14.3 Å². The molecular formula is C19H23N3O3S2. The van der Waals surface area contributed by atoms with E-state index in [-0.39, 0.29) is 5.91 Å². The first-order valence-electron chi connectivity index (χ1n) is 9.32. The van der Waals surface area contributed by atoms with Gasteiger partial charge in [-0.05, 0) is 50.0 Å². The van der Waals surface area contributed by atoms with Gasteiger partial charge in [-0.25, -0.2) is 9.69 Å². The highest BCUT2D eigenvalue weighted by Crippen LogP contribution is 2.51. The van der Waals surface area contributed by atoms with Crippen molar-refractivity contribution in [2.45, 2.75) is 55.2 Å². The lowest BCUT2D eigenvalue weighted by molar-refractivity contribution is 0.00540. The number of unbranched alkanes of at least 4 members (excludes halogenated alkanes) is 1. The second-order valence-corrected chi connectivity index (χ2v) is 9.21. The van der Waals surface area contributed by atoms with Gasteiger partial charge in [0.05, 0.1) is 32.5 Å². The SMILES string of the molecule is CCCCOC(=O)N1C(=O)c2c(SC)sc(-c3ccn[nH]3)c2CC12CCC2. The Balaban J connectivity index is 1.75. The van der Waals surface area contributed by atoms with Gasteiger partial charge in [0.2, 0.25) is 0 Å². The number of ether oxygens (including phenoxy) is 1. The van der Waals surface area contributed by atoms with E-state index in [0.717, 1.165) is 52.4 Å². The maximum Gasteiger partial charge on any atom is 0.417 e. The summed E-state index contributed by atoms with van der Waals surface area (Å²) in [5, 5.41) is 7.08. The highest BCUT2D eigenvalue weighted by Gasteiger charge is 2.54. The van der Waals surface area contributed by atoms with Crippen molar-refractivity contribution in [1.82, 2.24) is 15.1 Å². The van der Waals surface area contributed by atoms with Gasteiger partial charge in [0.1, 0.15) is 0 Å². The number of hydrogen-bond acceptors (Lipinski definition) is 6. The average molecular weight is 406 g/mol. The Morgan fingerprint density at radius 1 is 1.48 bits per heavy atom. The molecule has 27 heavy (non-hydrogen) atoms. The zero-order chi connectivity index (χ0) is 19.0. The van der Waals surface area contributed by atoms with Gasteiger partial charge < -0.3 is 4.74 Å². The molecule has 1 aliphatic carbocycles. The number of nitrogens with zero attached hydrogens (tertiary/aromatic N) is 2. The molecule has 1 fully saturated rings. The molecular weight excluding hydrogens is 382 g/mol. The Bertz CT molecular complexity index is 856. The first-order chi connectivity index (χ1) is 13.1. The van der Waals surface area contributed by atoms with Crippen LogP contribution in [0.15, 0.2) is 16.5 Å².